The Morgan fingerprint density at radius 2 is 2.04 bits per heavy atom. The van der Waals surface area contributed by atoms with Crippen LogP contribution < -0.4 is 0 Å². The van der Waals surface area contributed by atoms with E-state index in [9.17, 15) is 4.79 Å². The standard InChI is InChI=1S/C17H24O5S/c1-4-23-17-15(21-12(2)18)10-14(16(19-3)22-17)20-11-13-8-6-5-7-9-13/h5-9,14-17H,4,10-11H2,1-3H3/t14-,15-,16-,17+/m1/s1. The van der Waals surface area contributed by atoms with Gasteiger partial charge in [0.25, 0.3) is 0 Å². The first-order valence-corrected chi connectivity index (χ1v) is 8.81. The van der Waals surface area contributed by atoms with Crippen molar-refractivity contribution in [3.05, 3.63) is 35.9 Å². The molecule has 0 saturated carbocycles. The highest BCUT2D eigenvalue weighted by atomic mass is 32.2. The van der Waals surface area contributed by atoms with Crippen LogP contribution in [-0.2, 0) is 30.3 Å². The van der Waals surface area contributed by atoms with Crippen LogP contribution in [0.4, 0.5) is 0 Å². The smallest absolute Gasteiger partial charge is 0.303 e. The fourth-order valence-corrected chi connectivity index (χ4v) is 3.42. The van der Waals surface area contributed by atoms with Crippen LogP contribution in [-0.4, -0.2) is 42.8 Å². The lowest BCUT2D eigenvalue weighted by Crippen LogP contribution is -2.49. The quantitative estimate of drug-likeness (QED) is 0.711. The highest BCUT2D eigenvalue weighted by Crippen LogP contribution is 2.32. The molecule has 0 bridgehead atoms. The summed E-state index contributed by atoms with van der Waals surface area (Å²) in [7, 11) is 1.60. The van der Waals surface area contributed by atoms with E-state index in [2.05, 4.69) is 0 Å². The van der Waals surface area contributed by atoms with Crippen molar-refractivity contribution in [2.24, 2.45) is 0 Å². The number of ether oxygens (including phenoxy) is 4. The molecule has 23 heavy (non-hydrogen) atoms. The largest absolute Gasteiger partial charge is 0.459 e. The zero-order valence-corrected chi connectivity index (χ0v) is 14.6. The average Bonchev–Trinajstić information content (AvgIpc) is 2.55. The highest BCUT2D eigenvalue weighted by Gasteiger charge is 2.40. The summed E-state index contributed by atoms with van der Waals surface area (Å²) in [5.74, 6) is 0.562. The molecule has 6 heteroatoms. The molecule has 1 aromatic carbocycles. The molecule has 1 aromatic rings. The number of hydrogen-bond donors (Lipinski definition) is 0. The Morgan fingerprint density at radius 1 is 1.30 bits per heavy atom. The molecule has 5 nitrogen and oxygen atoms in total. The van der Waals surface area contributed by atoms with Crippen LogP contribution in [0.25, 0.3) is 0 Å². The minimum Gasteiger partial charge on any atom is -0.459 e. The molecule has 0 unspecified atom stereocenters. The van der Waals surface area contributed by atoms with Crippen molar-refractivity contribution >= 4 is 17.7 Å². The number of benzene rings is 1. The van der Waals surface area contributed by atoms with Crippen molar-refractivity contribution in [1.29, 1.82) is 0 Å². The summed E-state index contributed by atoms with van der Waals surface area (Å²) in [5.41, 5.74) is 0.849. The third kappa shape index (κ3) is 5.49. The van der Waals surface area contributed by atoms with Crippen LogP contribution in [0, 0.1) is 0 Å². The normalized spacial score (nSPS) is 27.6. The van der Waals surface area contributed by atoms with E-state index < -0.39 is 6.29 Å². The van der Waals surface area contributed by atoms with E-state index in [1.807, 2.05) is 37.3 Å². The molecule has 1 aliphatic rings. The predicted molar refractivity (Wildman–Crippen MR) is 89.0 cm³/mol. The van der Waals surface area contributed by atoms with Gasteiger partial charge in [0.15, 0.2) is 6.29 Å². The van der Waals surface area contributed by atoms with E-state index in [-0.39, 0.29) is 23.6 Å². The Hall–Kier alpha value is -1.08. The SMILES string of the molecule is CCS[C@@H]1O[C@@H](OC)[C@H](OCc2ccccc2)C[C@H]1OC(C)=O. The summed E-state index contributed by atoms with van der Waals surface area (Å²) in [6.45, 7) is 3.92. The first-order valence-electron chi connectivity index (χ1n) is 7.76. The molecular formula is C17H24O5S. The van der Waals surface area contributed by atoms with Crippen molar-refractivity contribution in [1.82, 2.24) is 0 Å². The maximum Gasteiger partial charge on any atom is 0.303 e. The maximum absolute atomic E-state index is 11.3. The van der Waals surface area contributed by atoms with Gasteiger partial charge in [-0.2, -0.15) is 0 Å². The number of carbonyl (C=O) groups excluding carboxylic acids is 1. The van der Waals surface area contributed by atoms with E-state index in [0.717, 1.165) is 11.3 Å². The van der Waals surface area contributed by atoms with Gasteiger partial charge >= 0.3 is 5.97 Å². The Bertz CT molecular complexity index is 481. The van der Waals surface area contributed by atoms with Crippen molar-refractivity contribution in [3.63, 3.8) is 0 Å². The van der Waals surface area contributed by atoms with Gasteiger partial charge in [-0.3, -0.25) is 4.79 Å². The Balaban J connectivity index is 2.00. The van der Waals surface area contributed by atoms with Gasteiger partial charge in [0, 0.05) is 20.5 Å². The van der Waals surface area contributed by atoms with Crippen LogP contribution in [0.15, 0.2) is 30.3 Å². The summed E-state index contributed by atoms with van der Waals surface area (Å²) < 4.78 is 22.7. The van der Waals surface area contributed by atoms with Gasteiger partial charge in [0.2, 0.25) is 0 Å². The van der Waals surface area contributed by atoms with Crippen LogP contribution in [0.3, 0.4) is 0 Å². The zero-order valence-electron chi connectivity index (χ0n) is 13.8. The third-order valence-corrected chi connectivity index (χ3v) is 4.60. The van der Waals surface area contributed by atoms with Crippen LogP contribution in [0.1, 0.15) is 25.8 Å². The molecule has 0 amide bonds. The van der Waals surface area contributed by atoms with Gasteiger partial charge in [-0.1, -0.05) is 37.3 Å². The second kappa shape index (κ2) is 9.27. The molecule has 0 spiro atoms. The second-order valence-corrected chi connectivity index (χ2v) is 6.66. The number of carbonyl (C=O) groups is 1. The van der Waals surface area contributed by atoms with Crippen LogP contribution in [0.5, 0.6) is 0 Å². The molecule has 2 rings (SSSR count). The summed E-state index contributed by atoms with van der Waals surface area (Å²) in [5, 5.41) is 0. The second-order valence-electron chi connectivity index (χ2n) is 5.28. The number of methoxy groups -OCH3 is 1. The fraction of sp³-hybridized carbons (Fsp3) is 0.588. The van der Waals surface area contributed by atoms with Crippen molar-refractivity contribution in [2.45, 2.75) is 50.8 Å². The molecule has 0 radical (unpaired) electrons. The van der Waals surface area contributed by atoms with Crippen LogP contribution >= 0.6 is 11.8 Å². The molecule has 1 fully saturated rings. The Morgan fingerprint density at radius 3 is 2.65 bits per heavy atom. The predicted octanol–water partition coefficient (Wildman–Crippen LogP) is 2.98. The molecule has 0 aromatic heterocycles. The molecule has 128 valence electrons. The van der Waals surface area contributed by atoms with Gasteiger partial charge in [-0.25, -0.2) is 0 Å². The number of rotatable bonds is 7. The molecule has 1 saturated heterocycles. The van der Waals surface area contributed by atoms with Gasteiger partial charge in [0.05, 0.1) is 6.61 Å². The van der Waals surface area contributed by atoms with Gasteiger partial charge in [0.1, 0.15) is 17.6 Å². The maximum atomic E-state index is 11.3. The van der Waals surface area contributed by atoms with Gasteiger partial charge in [-0.05, 0) is 11.3 Å². The topological polar surface area (TPSA) is 54.0 Å². The summed E-state index contributed by atoms with van der Waals surface area (Å²) in [4.78, 5) is 11.3. The van der Waals surface area contributed by atoms with Crippen molar-refractivity contribution in [3.8, 4) is 0 Å². The molecule has 1 aliphatic heterocycles. The minimum absolute atomic E-state index is 0.231. The summed E-state index contributed by atoms with van der Waals surface area (Å²) in [6, 6.07) is 9.92. The monoisotopic (exact) mass is 340 g/mol. The Kier molecular flexibility index (Phi) is 7.36. The fourth-order valence-electron chi connectivity index (χ4n) is 2.52. The Labute approximate surface area is 141 Å². The summed E-state index contributed by atoms with van der Waals surface area (Å²) in [6.07, 6.45) is -0.514. The molecule has 0 aliphatic carbocycles. The van der Waals surface area contributed by atoms with E-state index in [1.165, 1.54) is 6.92 Å². The first-order chi connectivity index (χ1) is 11.1. The van der Waals surface area contributed by atoms with Gasteiger partial charge in [-0.15, -0.1) is 11.8 Å². The molecule has 1 heterocycles. The molecule has 4 atom stereocenters. The average molecular weight is 340 g/mol. The van der Waals surface area contributed by atoms with E-state index >= 15 is 0 Å². The van der Waals surface area contributed by atoms with Crippen molar-refractivity contribution < 1.29 is 23.7 Å². The first kappa shape index (κ1) is 18.3. The number of thioether (sulfide) groups is 1. The third-order valence-electron chi connectivity index (χ3n) is 3.53. The van der Waals surface area contributed by atoms with Crippen molar-refractivity contribution in [2.75, 3.05) is 12.9 Å². The van der Waals surface area contributed by atoms with E-state index in [0.29, 0.717) is 13.0 Å². The highest BCUT2D eigenvalue weighted by molar-refractivity contribution is 7.99. The lowest BCUT2D eigenvalue weighted by molar-refractivity contribution is -0.252. The van der Waals surface area contributed by atoms with E-state index in [4.69, 9.17) is 18.9 Å². The lowest BCUT2D eigenvalue weighted by Gasteiger charge is -2.39. The lowest BCUT2D eigenvalue weighted by atomic mass is 10.1. The zero-order chi connectivity index (χ0) is 16.7. The number of hydrogen-bond acceptors (Lipinski definition) is 6. The van der Waals surface area contributed by atoms with Crippen LogP contribution in [0.2, 0.25) is 0 Å². The number of esters is 1. The molecule has 0 N–H and O–H groups in total. The summed E-state index contributed by atoms with van der Waals surface area (Å²) >= 11 is 1.60. The van der Waals surface area contributed by atoms with Gasteiger partial charge < -0.3 is 18.9 Å². The molecular weight excluding hydrogens is 316 g/mol. The minimum atomic E-state index is -0.463. The van der Waals surface area contributed by atoms with E-state index in [1.54, 1.807) is 18.9 Å².